The molecule has 0 aliphatic carbocycles. The summed E-state index contributed by atoms with van der Waals surface area (Å²) in [5.41, 5.74) is 1.95. The molecule has 2 aromatic heterocycles. The van der Waals surface area contributed by atoms with Crippen molar-refractivity contribution in [2.24, 2.45) is 0 Å². The van der Waals surface area contributed by atoms with Crippen molar-refractivity contribution in [1.29, 1.82) is 0 Å². The van der Waals surface area contributed by atoms with E-state index in [-0.39, 0.29) is 5.41 Å². The van der Waals surface area contributed by atoms with Crippen molar-refractivity contribution in [2.45, 2.75) is 32.8 Å². The number of nitrogens with zero attached hydrogens (tertiary/aromatic N) is 2. The van der Waals surface area contributed by atoms with Gasteiger partial charge < -0.3 is 9.15 Å². The second-order valence-electron chi connectivity index (χ2n) is 6.40. The van der Waals surface area contributed by atoms with Gasteiger partial charge in [-0.25, -0.2) is 4.98 Å². The van der Waals surface area contributed by atoms with Gasteiger partial charge in [0.05, 0.1) is 18.1 Å². The monoisotopic (exact) mass is 308 g/mol. The summed E-state index contributed by atoms with van der Waals surface area (Å²) < 4.78 is 11.4. The lowest BCUT2D eigenvalue weighted by Gasteiger charge is -2.13. The fraction of sp³-hybridized carbons (Fsp3) is 0.263. The molecule has 118 valence electrons. The summed E-state index contributed by atoms with van der Waals surface area (Å²) in [6, 6.07) is 13.9. The molecule has 1 aromatic carbocycles. The lowest BCUT2D eigenvalue weighted by atomic mass is 9.94. The number of aromatic nitrogens is 2. The van der Waals surface area contributed by atoms with Crippen molar-refractivity contribution in [1.82, 2.24) is 9.97 Å². The first-order chi connectivity index (χ1) is 11.0. The Hall–Kier alpha value is -2.62. The molecule has 0 unspecified atom stereocenters. The molecule has 3 aromatic rings. The standard InChI is InChI=1S/C19H20N2O2/c1-19(2,3)17-12-21-18(23-17)13-22-15-9-10-16(20-11-15)14-7-5-4-6-8-14/h4-12H,13H2,1-3H3. The molecule has 2 heterocycles. The fourth-order valence-electron chi connectivity index (χ4n) is 2.11. The molecule has 0 aliphatic heterocycles. The topological polar surface area (TPSA) is 48.2 Å². The van der Waals surface area contributed by atoms with Gasteiger partial charge in [0.15, 0.2) is 6.61 Å². The molecule has 0 spiro atoms. The van der Waals surface area contributed by atoms with E-state index >= 15 is 0 Å². The molecule has 3 rings (SSSR count). The van der Waals surface area contributed by atoms with Crippen LogP contribution in [0.2, 0.25) is 0 Å². The maximum atomic E-state index is 5.71. The molecular formula is C19H20N2O2. The van der Waals surface area contributed by atoms with Gasteiger partial charge in [0.2, 0.25) is 5.89 Å². The highest BCUT2D eigenvalue weighted by Crippen LogP contribution is 2.23. The van der Waals surface area contributed by atoms with E-state index in [4.69, 9.17) is 9.15 Å². The minimum Gasteiger partial charge on any atom is -0.482 e. The van der Waals surface area contributed by atoms with Crippen LogP contribution in [-0.2, 0) is 12.0 Å². The van der Waals surface area contributed by atoms with E-state index in [1.807, 2.05) is 42.5 Å². The molecule has 0 fully saturated rings. The first kappa shape index (κ1) is 15.3. The summed E-state index contributed by atoms with van der Waals surface area (Å²) in [6.07, 6.45) is 3.48. The SMILES string of the molecule is CC(C)(C)c1cnc(COc2ccc(-c3ccccc3)nc2)o1. The molecule has 0 aliphatic rings. The number of oxazole rings is 1. The largest absolute Gasteiger partial charge is 0.482 e. The van der Waals surface area contributed by atoms with E-state index in [1.54, 1.807) is 12.4 Å². The van der Waals surface area contributed by atoms with Gasteiger partial charge in [-0.15, -0.1) is 0 Å². The van der Waals surface area contributed by atoms with Gasteiger partial charge in [0.25, 0.3) is 0 Å². The van der Waals surface area contributed by atoms with Crippen molar-refractivity contribution < 1.29 is 9.15 Å². The molecule has 0 saturated heterocycles. The Kier molecular flexibility index (Phi) is 4.15. The van der Waals surface area contributed by atoms with E-state index in [0.717, 1.165) is 17.0 Å². The number of hydrogen-bond donors (Lipinski definition) is 0. The van der Waals surface area contributed by atoms with Gasteiger partial charge in [0, 0.05) is 11.0 Å². The van der Waals surface area contributed by atoms with Crippen molar-refractivity contribution >= 4 is 0 Å². The van der Waals surface area contributed by atoms with Crippen LogP contribution in [0.3, 0.4) is 0 Å². The zero-order valence-corrected chi connectivity index (χ0v) is 13.6. The molecule has 0 amide bonds. The highest BCUT2D eigenvalue weighted by molar-refractivity contribution is 5.58. The summed E-state index contributed by atoms with van der Waals surface area (Å²) in [5.74, 6) is 2.12. The van der Waals surface area contributed by atoms with Crippen LogP contribution in [0.25, 0.3) is 11.3 Å². The molecule has 0 saturated carbocycles. The molecule has 23 heavy (non-hydrogen) atoms. The van der Waals surface area contributed by atoms with Crippen LogP contribution in [0.1, 0.15) is 32.4 Å². The predicted molar refractivity (Wildman–Crippen MR) is 89.2 cm³/mol. The average Bonchev–Trinajstić information content (AvgIpc) is 3.04. The minimum absolute atomic E-state index is 0.0515. The molecule has 4 heteroatoms. The van der Waals surface area contributed by atoms with Crippen molar-refractivity contribution in [3.8, 4) is 17.0 Å². The lowest BCUT2D eigenvalue weighted by Crippen LogP contribution is -2.09. The summed E-state index contributed by atoms with van der Waals surface area (Å²) in [7, 11) is 0. The van der Waals surface area contributed by atoms with Gasteiger partial charge in [0.1, 0.15) is 11.5 Å². The Morgan fingerprint density at radius 1 is 0.957 bits per heavy atom. The highest BCUT2D eigenvalue weighted by atomic mass is 16.5. The van der Waals surface area contributed by atoms with Crippen molar-refractivity contribution in [2.75, 3.05) is 0 Å². The second kappa shape index (κ2) is 6.24. The molecule has 0 bridgehead atoms. The Labute approximate surface area is 136 Å². The van der Waals surface area contributed by atoms with E-state index < -0.39 is 0 Å². The van der Waals surface area contributed by atoms with E-state index in [1.165, 1.54) is 0 Å². The Morgan fingerprint density at radius 3 is 2.35 bits per heavy atom. The molecule has 0 atom stereocenters. The predicted octanol–water partition coefficient (Wildman–Crippen LogP) is 4.61. The van der Waals surface area contributed by atoms with Crippen molar-refractivity contribution in [3.05, 3.63) is 66.5 Å². The van der Waals surface area contributed by atoms with E-state index in [9.17, 15) is 0 Å². The fourth-order valence-corrected chi connectivity index (χ4v) is 2.11. The van der Waals surface area contributed by atoms with E-state index in [2.05, 4.69) is 30.7 Å². The van der Waals surface area contributed by atoms with Gasteiger partial charge in [-0.05, 0) is 12.1 Å². The van der Waals surface area contributed by atoms with E-state index in [0.29, 0.717) is 18.2 Å². The lowest BCUT2D eigenvalue weighted by molar-refractivity contribution is 0.251. The van der Waals surface area contributed by atoms with Crippen LogP contribution in [0.15, 0.2) is 59.3 Å². The summed E-state index contributed by atoms with van der Waals surface area (Å²) in [4.78, 5) is 8.68. The van der Waals surface area contributed by atoms with Crippen molar-refractivity contribution in [3.63, 3.8) is 0 Å². The summed E-state index contributed by atoms with van der Waals surface area (Å²) >= 11 is 0. The molecule has 0 N–H and O–H groups in total. The quantitative estimate of drug-likeness (QED) is 0.706. The Morgan fingerprint density at radius 2 is 1.74 bits per heavy atom. The average molecular weight is 308 g/mol. The number of benzene rings is 1. The van der Waals surface area contributed by atoms with Gasteiger partial charge in [-0.1, -0.05) is 51.1 Å². The van der Waals surface area contributed by atoms with Crippen LogP contribution in [-0.4, -0.2) is 9.97 Å². The third-order valence-electron chi connectivity index (χ3n) is 3.46. The zero-order chi connectivity index (χ0) is 16.3. The van der Waals surface area contributed by atoms with Gasteiger partial charge >= 0.3 is 0 Å². The maximum absolute atomic E-state index is 5.71. The van der Waals surface area contributed by atoms with Crippen LogP contribution in [0.4, 0.5) is 0 Å². The second-order valence-corrected chi connectivity index (χ2v) is 6.40. The van der Waals surface area contributed by atoms with Crippen LogP contribution < -0.4 is 4.74 Å². The first-order valence-electron chi connectivity index (χ1n) is 7.62. The van der Waals surface area contributed by atoms with Crippen LogP contribution >= 0.6 is 0 Å². The highest BCUT2D eigenvalue weighted by Gasteiger charge is 2.19. The summed E-state index contributed by atoms with van der Waals surface area (Å²) in [6.45, 7) is 6.56. The Bertz CT molecular complexity index is 756. The molecular weight excluding hydrogens is 288 g/mol. The first-order valence-corrected chi connectivity index (χ1v) is 7.62. The number of pyridine rings is 1. The minimum atomic E-state index is -0.0515. The smallest absolute Gasteiger partial charge is 0.232 e. The third-order valence-corrected chi connectivity index (χ3v) is 3.46. The Balaban J connectivity index is 1.64. The van der Waals surface area contributed by atoms with Gasteiger partial charge in [-0.3, -0.25) is 4.98 Å². The normalized spacial score (nSPS) is 11.4. The zero-order valence-electron chi connectivity index (χ0n) is 13.6. The molecule has 4 nitrogen and oxygen atoms in total. The maximum Gasteiger partial charge on any atom is 0.232 e. The third kappa shape index (κ3) is 3.77. The summed E-state index contributed by atoms with van der Waals surface area (Å²) in [5, 5.41) is 0. The number of hydrogen-bond acceptors (Lipinski definition) is 4. The van der Waals surface area contributed by atoms with Crippen LogP contribution in [0, 0.1) is 0 Å². The number of rotatable bonds is 4. The van der Waals surface area contributed by atoms with Gasteiger partial charge in [-0.2, -0.15) is 0 Å². The number of ether oxygens (including phenoxy) is 1. The van der Waals surface area contributed by atoms with Crippen LogP contribution in [0.5, 0.6) is 5.75 Å². The molecule has 0 radical (unpaired) electrons.